The van der Waals surface area contributed by atoms with Crippen LogP contribution in [0.5, 0.6) is 0 Å². The zero-order chi connectivity index (χ0) is 15.1. The monoisotopic (exact) mass is 284 g/mol. The van der Waals surface area contributed by atoms with E-state index in [4.69, 9.17) is 0 Å². The van der Waals surface area contributed by atoms with E-state index in [0.29, 0.717) is 11.5 Å². The van der Waals surface area contributed by atoms with Crippen molar-refractivity contribution in [2.75, 3.05) is 11.9 Å². The van der Waals surface area contributed by atoms with Crippen molar-refractivity contribution in [3.05, 3.63) is 54.0 Å². The number of hydrogen-bond acceptors (Lipinski definition) is 4. The summed E-state index contributed by atoms with van der Waals surface area (Å²) in [7, 11) is 0. The van der Waals surface area contributed by atoms with Gasteiger partial charge in [-0.15, -0.1) is 0 Å². The van der Waals surface area contributed by atoms with Crippen molar-refractivity contribution >= 4 is 11.7 Å². The van der Waals surface area contributed by atoms with Crippen LogP contribution in [0.15, 0.2) is 42.7 Å². The summed E-state index contributed by atoms with van der Waals surface area (Å²) in [6.45, 7) is 4.82. The number of hydrogen-bond donors (Lipinski definition) is 2. The molecular weight excluding hydrogens is 264 g/mol. The van der Waals surface area contributed by atoms with Crippen LogP contribution in [0.1, 0.15) is 42.4 Å². The number of nitrogens with one attached hydrogen (secondary N) is 2. The van der Waals surface area contributed by atoms with E-state index in [1.807, 2.05) is 37.3 Å². The molecule has 1 heterocycles. The SMILES string of the molecule is CCCNc1cncc(C(=O)NC(C)c2ccccc2)n1. The minimum Gasteiger partial charge on any atom is -0.369 e. The molecule has 0 aliphatic carbocycles. The molecule has 0 aliphatic rings. The summed E-state index contributed by atoms with van der Waals surface area (Å²) in [5.41, 5.74) is 1.37. The smallest absolute Gasteiger partial charge is 0.272 e. The van der Waals surface area contributed by atoms with E-state index in [2.05, 4.69) is 27.5 Å². The lowest BCUT2D eigenvalue weighted by Crippen LogP contribution is -2.27. The number of benzene rings is 1. The van der Waals surface area contributed by atoms with Crippen LogP contribution in [-0.2, 0) is 0 Å². The molecule has 0 bridgehead atoms. The largest absolute Gasteiger partial charge is 0.369 e. The Balaban J connectivity index is 2.03. The van der Waals surface area contributed by atoms with Crippen LogP contribution in [0.2, 0.25) is 0 Å². The minimum atomic E-state index is -0.223. The highest BCUT2D eigenvalue weighted by Gasteiger charge is 2.13. The Kier molecular flexibility index (Phi) is 5.26. The molecule has 1 unspecified atom stereocenters. The first-order valence-corrected chi connectivity index (χ1v) is 7.12. The Morgan fingerprint density at radius 1 is 1.24 bits per heavy atom. The molecule has 2 rings (SSSR count). The Morgan fingerprint density at radius 3 is 2.71 bits per heavy atom. The first-order valence-electron chi connectivity index (χ1n) is 7.12. The molecule has 0 saturated heterocycles. The molecule has 1 amide bonds. The lowest BCUT2D eigenvalue weighted by molar-refractivity contribution is 0.0934. The Labute approximate surface area is 124 Å². The number of anilines is 1. The fraction of sp³-hybridized carbons (Fsp3) is 0.312. The summed E-state index contributed by atoms with van der Waals surface area (Å²) >= 11 is 0. The molecule has 0 radical (unpaired) electrons. The molecule has 2 aromatic rings. The molecule has 1 aromatic heterocycles. The predicted octanol–water partition coefficient (Wildman–Crippen LogP) is 2.79. The van der Waals surface area contributed by atoms with Gasteiger partial charge in [0, 0.05) is 6.54 Å². The average Bonchev–Trinajstić information content (AvgIpc) is 2.54. The molecule has 0 spiro atoms. The van der Waals surface area contributed by atoms with Crippen molar-refractivity contribution in [3.63, 3.8) is 0 Å². The van der Waals surface area contributed by atoms with Gasteiger partial charge in [0.1, 0.15) is 11.5 Å². The molecule has 21 heavy (non-hydrogen) atoms. The quantitative estimate of drug-likeness (QED) is 0.856. The van der Waals surface area contributed by atoms with E-state index in [-0.39, 0.29) is 11.9 Å². The molecule has 0 aliphatic heterocycles. The third-order valence-corrected chi connectivity index (χ3v) is 3.07. The second-order valence-electron chi connectivity index (χ2n) is 4.82. The summed E-state index contributed by atoms with van der Waals surface area (Å²) in [5.74, 6) is 0.399. The van der Waals surface area contributed by atoms with Crippen LogP contribution >= 0.6 is 0 Å². The van der Waals surface area contributed by atoms with Crippen LogP contribution in [0.25, 0.3) is 0 Å². The fourth-order valence-corrected chi connectivity index (χ4v) is 1.91. The maximum absolute atomic E-state index is 12.2. The highest BCUT2D eigenvalue weighted by molar-refractivity contribution is 5.92. The lowest BCUT2D eigenvalue weighted by atomic mass is 10.1. The Hall–Kier alpha value is -2.43. The van der Waals surface area contributed by atoms with Gasteiger partial charge in [-0.3, -0.25) is 9.78 Å². The number of amides is 1. The van der Waals surface area contributed by atoms with Crippen molar-refractivity contribution in [2.45, 2.75) is 26.3 Å². The number of nitrogens with zero attached hydrogens (tertiary/aromatic N) is 2. The van der Waals surface area contributed by atoms with Gasteiger partial charge in [0.25, 0.3) is 5.91 Å². The molecule has 110 valence electrons. The lowest BCUT2D eigenvalue weighted by Gasteiger charge is -2.14. The van der Waals surface area contributed by atoms with E-state index >= 15 is 0 Å². The second-order valence-corrected chi connectivity index (χ2v) is 4.82. The molecule has 1 atom stereocenters. The van der Waals surface area contributed by atoms with Gasteiger partial charge >= 0.3 is 0 Å². The molecule has 0 fully saturated rings. The van der Waals surface area contributed by atoms with E-state index in [1.54, 1.807) is 6.20 Å². The topological polar surface area (TPSA) is 66.9 Å². The Morgan fingerprint density at radius 2 is 2.00 bits per heavy atom. The van der Waals surface area contributed by atoms with E-state index in [1.165, 1.54) is 6.20 Å². The summed E-state index contributed by atoms with van der Waals surface area (Å²) in [4.78, 5) is 20.5. The summed E-state index contributed by atoms with van der Waals surface area (Å²) in [6, 6.07) is 9.74. The third kappa shape index (κ3) is 4.27. The van der Waals surface area contributed by atoms with Crippen LogP contribution in [0, 0.1) is 0 Å². The van der Waals surface area contributed by atoms with Crippen LogP contribution in [0.4, 0.5) is 5.82 Å². The predicted molar refractivity (Wildman–Crippen MR) is 83.1 cm³/mol. The van der Waals surface area contributed by atoms with E-state index < -0.39 is 0 Å². The summed E-state index contributed by atoms with van der Waals surface area (Å²) in [6.07, 6.45) is 4.08. The van der Waals surface area contributed by atoms with Gasteiger partial charge in [-0.2, -0.15) is 0 Å². The number of aromatic nitrogens is 2. The zero-order valence-corrected chi connectivity index (χ0v) is 12.3. The summed E-state index contributed by atoms with van der Waals surface area (Å²) < 4.78 is 0. The highest BCUT2D eigenvalue weighted by atomic mass is 16.1. The average molecular weight is 284 g/mol. The molecule has 1 aromatic carbocycles. The van der Waals surface area contributed by atoms with E-state index in [0.717, 1.165) is 18.5 Å². The summed E-state index contributed by atoms with van der Waals surface area (Å²) in [5, 5.41) is 6.05. The molecule has 2 N–H and O–H groups in total. The maximum atomic E-state index is 12.2. The van der Waals surface area contributed by atoms with E-state index in [9.17, 15) is 4.79 Å². The van der Waals surface area contributed by atoms with Gasteiger partial charge in [-0.05, 0) is 18.9 Å². The highest BCUT2D eigenvalue weighted by Crippen LogP contribution is 2.12. The second kappa shape index (κ2) is 7.38. The van der Waals surface area contributed by atoms with Crippen molar-refractivity contribution in [1.82, 2.24) is 15.3 Å². The first kappa shape index (κ1) is 15.0. The maximum Gasteiger partial charge on any atom is 0.272 e. The Bertz CT molecular complexity index is 586. The van der Waals surface area contributed by atoms with Crippen molar-refractivity contribution in [3.8, 4) is 0 Å². The van der Waals surface area contributed by atoms with Gasteiger partial charge in [0.2, 0.25) is 0 Å². The fourth-order valence-electron chi connectivity index (χ4n) is 1.91. The normalized spacial score (nSPS) is 11.7. The van der Waals surface area contributed by atoms with Crippen LogP contribution in [-0.4, -0.2) is 22.4 Å². The third-order valence-electron chi connectivity index (χ3n) is 3.07. The van der Waals surface area contributed by atoms with Crippen molar-refractivity contribution < 1.29 is 4.79 Å². The first-order chi connectivity index (χ1) is 10.2. The van der Waals surface area contributed by atoms with Gasteiger partial charge in [-0.25, -0.2) is 4.98 Å². The van der Waals surface area contributed by atoms with Crippen LogP contribution in [0.3, 0.4) is 0 Å². The number of carbonyl (C=O) groups is 1. The van der Waals surface area contributed by atoms with Crippen molar-refractivity contribution in [2.24, 2.45) is 0 Å². The molecule has 5 heteroatoms. The minimum absolute atomic E-state index is 0.0762. The molecule has 5 nitrogen and oxygen atoms in total. The van der Waals surface area contributed by atoms with Gasteiger partial charge in [-0.1, -0.05) is 37.3 Å². The van der Waals surface area contributed by atoms with Gasteiger partial charge in [0.05, 0.1) is 18.4 Å². The molecule has 0 saturated carbocycles. The number of rotatable bonds is 6. The van der Waals surface area contributed by atoms with Gasteiger partial charge < -0.3 is 10.6 Å². The number of carbonyl (C=O) groups excluding carboxylic acids is 1. The van der Waals surface area contributed by atoms with Gasteiger partial charge in [0.15, 0.2) is 0 Å². The molecular formula is C16H20N4O. The standard InChI is InChI=1S/C16H20N4O/c1-3-9-18-15-11-17-10-14(20-15)16(21)19-12(2)13-7-5-4-6-8-13/h4-8,10-12H,3,9H2,1-2H3,(H,18,20)(H,19,21). The zero-order valence-electron chi connectivity index (χ0n) is 12.3. The van der Waals surface area contributed by atoms with Crippen LogP contribution < -0.4 is 10.6 Å². The van der Waals surface area contributed by atoms with Crippen molar-refractivity contribution in [1.29, 1.82) is 0 Å².